The van der Waals surface area contributed by atoms with Crippen molar-refractivity contribution in [3.8, 4) is 0 Å². The first-order valence-electron chi connectivity index (χ1n) is 6.50. The predicted octanol–water partition coefficient (Wildman–Crippen LogP) is 3.68. The van der Waals surface area contributed by atoms with Gasteiger partial charge in [-0.3, -0.25) is 0 Å². The van der Waals surface area contributed by atoms with Crippen LogP contribution in [0.2, 0.25) is 0 Å². The fraction of sp³-hybridized carbons (Fsp3) is 0.571. The smallest absolute Gasteiger partial charge is 0.391 e. The number of rotatable bonds is 3. The van der Waals surface area contributed by atoms with Crippen LogP contribution < -0.4 is 5.73 Å². The minimum absolute atomic E-state index is 0. The van der Waals surface area contributed by atoms with E-state index in [9.17, 15) is 18.3 Å². The highest BCUT2D eigenvalue weighted by Crippen LogP contribution is 2.34. The van der Waals surface area contributed by atoms with Crippen LogP contribution in [0.4, 0.5) is 13.2 Å². The molecule has 0 saturated heterocycles. The molecule has 20 heavy (non-hydrogen) atoms. The SMILES string of the molecule is Cl.N[C@@H](c1ccc(C(F)(F)F)cc1)[C@H](O)C1CCCC1. The van der Waals surface area contributed by atoms with Crippen molar-refractivity contribution in [1.29, 1.82) is 0 Å². The number of benzene rings is 1. The Bertz CT molecular complexity index is 415. The zero-order chi connectivity index (χ0) is 14.0. The number of halogens is 4. The maximum absolute atomic E-state index is 12.4. The van der Waals surface area contributed by atoms with Gasteiger partial charge in [0, 0.05) is 0 Å². The standard InChI is InChI=1S/C14H18F3NO.ClH/c15-14(16,17)11-7-5-9(6-8-11)12(18)13(19)10-3-1-2-4-10;/h5-8,10,12-13,19H,1-4,18H2;1H/t12-,13+;/m0./s1. The fourth-order valence-corrected chi connectivity index (χ4v) is 2.68. The molecule has 1 aliphatic carbocycles. The average molecular weight is 310 g/mol. The molecule has 0 radical (unpaired) electrons. The number of hydrogen-bond donors (Lipinski definition) is 2. The molecule has 1 aliphatic rings. The largest absolute Gasteiger partial charge is 0.416 e. The lowest BCUT2D eigenvalue weighted by Crippen LogP contribution is -2.31. The minimum atomic E-state index is -4.34. The van der Waals surface area contributed by atoms with Gasteiger partial charge in [-0.05, 0) is 36.5 Å². The molecule has 1 aromatic rings. The summed E-state index contributed by atoms with van der Waals surface area (Å²) in [5, 5.41) is 10.2. The van der Waals surface area contributed by atoms with E-state index in [4.69, 9.17) is 5.73 Å². The molecule has 1 fully saturated rings. The summed E-state index contributed by atoms with van der Waals surface area (Å²) in [6.45, 7) is 0. The van der Waals surface area contributed by atoms with E-state index in [1.54, 1.807) is 0 Å². The van der Waals surface area contributed by atoms with Crippen LogP contribution in [-0.4, -0.2) is 11.2 Å². The summed E-state index contributed by atoms with van der Waals surface area (Å²) in [7, 11) is 0. The highest BCUT2D eigenvalue weighted by atomic mass is 35.5. The monoisotopic (exact) mass is 309 g/mol. The molecule has 0 unspecified atom stereocenters. The van der Waals surface area contributed by atoms with E-state index < -0.39 is 23.9 Å². The Morgan fingerprint density at radius 2 is 1.60 bits per heavy atom. The van der Waals surface area contributed by atoms with Crippen LogP contribution in [-0.2, 0) is 6.18 Å². The van der Waals surface area contributed by atoms with Gasteiger partial charge < -0.3 is 10.8 Å². The summed E-state index contributed by atoms with van der Waals surface area (Å²) < 4.78 is 37.3. The number of aliphatic hydroxyl groups excluding tert-OH is 1. The van der Waals surface area contributed by atoms with E-state index in [0.29, 0.717) is 5.56 Å². The van der Waals surface area contributed by atoms with Crippen molar-refractivity contribution < 1.29 is 18.3 Å². The van der Waals surface area contributed by atoms with Gasteiger partial charge in [-0.15, -0.1) is 12.4 Å². The number of aliphatic hydroxyl groups is 1. The normalized spacial score (nSPS) is 19.4. The van der Waals surface area contributed by atoms with Gasteiger partial charge >= 0.3 is 6.18 Å². The van der Waals surface area contributed by atoms with Crippen LogP contribution in [0.3, 0.4) is 0 Å². The van der Waals surface area contributed by atoms with Crippen molar-refractivity contribution >= 4 is 12.4 Å². The second-order valence-electron chi connectivity index (χ2n) is 5.18. The quantitative estimate of drug-likeness (QED) is 0.894. The summed E-state index contributed by atoms with van der Waals surface area (Å²) in [4.78, 5) is 0. The minimum Gasteiger partial charge on any atom is -0.391 e. The summed E-state index contributed by atoms with van der Waals surface area (Å²) in [6.07, 6.45) is -0.972. The molecule has 0 heterocycles. The third kappa shape index (κ3) is 3.87. The summed E-state index contributed by atoms with van der Waals surface area (Å²) >= 11 is 0. The lowest BCUT2D eigenvalue weighted by atomic mass is 9.90. The summed E-state index contributed by atoms with van der Waals surface area (Å²) in [6, 6.07) is 4.11. The molecule has 0 bridgehead atoms. The van der Waals surface area contributed by atoms with Gasteiger partial charge in [0.2, 0.25) is 0 Å². The van der Waals surface area contributed by atoms with E-state index >= 15 is 0 Å². The first kappa shape index (κ1) is 17.3. The average Bonchev–Trinajstić information content (AvgIpc) is 2.90. The van der Waals surface area contributed by atoms with Crippen molar-refractivity contribution in [1.82, 2.24) is 0 Å². The zero-order valence-corrected chi connectivity index (χ0v) is 11.8. The Kier molecular flexibility index (Phi) is 5.86. The van der Waals surface area contributed by atoms with Gasteiger partial charge in [0.1, 0.15) is 0 Å². The van der Waals surface area contributed by atoms with Crippen LogP contribution in [0.15, 0.2) is 24.3 Å². The Balaban J connectivity index is 0.00000200. The highest BCUT2D eigenvalue weighted by molar-refractivity contribution is 5.85. The van der Waals surface area contributed by atoms with Gasteiger partial charge in [0.25, 0.3) is 0 Å². The molecule has 0 aromatic heterocycles. The highest BCUT2D eigenvalue weighted by Gasteiger charge is 2.32. The molecule has 0 spiro atoms. The van der Waals surface area contributed by atoms with Crippen molar-refractivity contribution in [2.75, 3.05) is 0 Å². The second kappa shape index (κ2) is 6.78. The zero-order valence-electron chi connectivity index (χ0n) is 10.9. The number of hydrogen-bond acceptors (Lipinski definition) is 2. The van der Waals surface area contributed by atoms with E-state index in [2.05, 4.69) is 0 Å². The van der Waals surface area contributed by atoms with Gasteiger partial charge in [0.05, 0.1) is 17.7 Å². The molecule has 2 atom stereocenters. The van der Waals surface area contributed by atoms with Gasteiger partial charge in [-0.1, -0.05) is 25.0 Å². The van der Waals surface area contributed by atoms with Crippen LogP contribution >= 0.6 is 12.4 Å². The van der Waals surface area contributed by atoms with Crippen molar-refractivity contribution in [3.05, 3.63) is 35.4 Å². The van der Waals surface area contributed by atoms with E-state index in [1.807, 2.05) is 0 Å². The Labute approximate surface area is 122 Å². The number of nitrogens with two attached hydrogens (primary N) is 1. The molecule has 3 N–H and O–H groups in total. The molecule has 2 rings (SSSR count). The Morgan fingerprint density at radius 3 is 2.05 bits per heavy atom. The Morgan fingerprint density at radius 1 is 1.10 bits per heavy atom. The predicted molar refractivity (Wildman–Crippen MR) is 73.6 cm³/mol. The van der Waals surface area contributed by atoms with Gasteiger partial charge in [0.15, 0.2) is 0 Å². The molecule has 1 aromatic carbocycles. The summed E-state index contributed by atoms with van der Waals surface area (Å²) in [5.41, 5.74) is 5.80. The molecular formula is C14H19ClF3NO. The van der Waals surface area contributed by atoms with Gasteiger partial charge in [-0.25, -0.2) is 0 Å². The lowest BCUT2D eigenvalue weighted by Gasteiger charge is -2.24. The molecule has 114 valence electrons. The van der Waals surface area contributed by atoms with Crippen LogP contribution in [0, 0.1) is 5.92 Å². The molecular weight excluding hydrogens is 291 g/mol. The van der Waals surface area contributed by atoms with Crippen molar-refractivity contribution in [2.24, 2.45) is 11.7 Å². The van der Waals surface area contributed by atoms with Gasteiger partial charge in [-0.2, -0.15) is 13.2 Å². The number of alkyl halides is 3. The van der Waals surface area contributed by atoms with E-state index in [0.717, 1.165) is 37.8 Å². The first-order valence-corrected chi connectivity index (χ1v) is 6.50. The third-order valence-corrected chi connectivity index (χ3v) is 3.87. The van der Waals surface area contributed by atoms with E-state index in [-0.39, 0.29) is 18.3 Å². The Hall–Kier alpha value is -0.780. The molecule has 6 heteroatoms. The third-order valence-electron chi connectivity index (χ3n) is 3.87. The lowest BCUT2D eigenvalue weighted by molar-refractivity contribution is -0.137. The molecule has 0 amide bonds. The molecule has 2 nitrogen and oxygen atoms in total. The first-order chi connectivity index (χ1) is 8.89. The molecule has 1 saturated carbocycles. The topological polar surface area (TPSA) is 46.2 Å². The van der Waals surface area contributed by atoms with Crippen LogP contribution in [0.1, 0.15) is 42.9 Å². The second-order valence-corrected chi connectivity index (χ2v) is 5.18. The van der Waals surface area contributed by atoms with Crippen LogP contribution in [0.5, 0.6) is 0 Å². The maximum Gasteiger partial charge on any atom is 0.416 e. The van der Waals surface area contributed by atoms with Crippen molar-refractivity contribution in [3.63, 3.8) is 0 Å². The fourth-order valence-electron chi connectivity index (χ4n) is 2.68. The van der Waals surface area contributed by atoms with E-state index in [1.165, 1.54) is 12.1 Å². The summed E-state index contributed by atoms with van der Waals surface area (Å²) in [5.74, 6) is 0.164. The van der Waals surface area contributed by atoms with Crippen molar-refractivity contribution in [2.45, 2.75) is 44.0 Å². The van der Waals surface area contributed by atoms with Crippen LogP contribution in [0.25, 0.3) is 0 Å². The maximum atomic E-state index is 12.4. The molecule has 0 aliphatic heterocycles.